The van der Waals surface area contributed by atoms with E-state index in [1.165, 1.54) is 12.0 Å². The Morgan fingerprint density at radius 3 is 2.72 bits per heavy atom. The first-order valence-electron chi connectivity index (χ1n) is 10.7. The third-order valence-electron chi connectivity index (χ3n) is 7.38. The summed E-state index contributed by atoms with van der Waals surface area (Å²) in [5.41, 5.74) is 3.33. The molecule has 4 heterocycles. The van der Waals surface area contributed by atoms with Gasteiger partial charge in [-0.25, -0.2) is 0 Å². The number of benzene rings is 2. The van der Waals surface area contributed by atoms with Gasteiger partial charge in [-0.05, 0) is 23.6 Å². The van der Waals surface area contributed by atoms with Crippen LogP contribution in [0.25, 0.3) is 10.9 Å². The summed E-state index contributed by atoms with van der Waals surface area (Å²) in [6.45, 7) is 7.32. The van der Waals surface area contributed by atoms with Gasteiger partial charge in [-0.15, -0.1) is 6.58 Å². The van der Waals surface area contributed by atoms with Gasteiger partial charge in [0.25, 0.3) is 0 Å². The molecule has 0 radical (unpaired) electrons. The summed E-state index contributed by atoms with van der Waals surface area (Å²) in [5.74, 6) is 1.18. The summed E-state index contributed by atoms with van der Waals surface area (Å²) in [6, 6.07) is 21.2. The minimum Gasteiger partial charge on any atom is -0.382 e. The fourth-order valence-corrected chi connectivity index (χ4v) is 5.91. The molecule has 0 saturated carbocycles. The smallest absolute Gasteiger partial charge is 0.131 e. The number of fused-ring (bicyclic) bond motifs is 4. The predicted molar refractivity (Wildman–Crippen MR) is 117 cm³/mol. The van der Waals surface area contributed by atoms with Crippen molar-refractivity contribution in [1.82, 2.24) is 4.98 Å². The van der Waals surface area contributed by atoms with Crippen molar-refractivity contribution in [2.75, 3.05) is 13.1 Å². The number of aliphatic hydroxyl groups is 1. The lowest BCUT2D eigenvalue weighted by molar-refractivity contribution is -0.984. The summed E-state index contributed by atoms with van der Waals surface area (Å²) in [4.78, 5) is 4.50. The molecule has 3 aliphatic rings. The fraction of sp³-hybridized carbons (Fsp3) is 0.346. The van der Waals surface area contributed by atoms with Crippen molar-refractivity contribution < 1.29 is 9.59 Å². The molecule has 0 spiro atoms. The topological polar surface area (TPSA) is 33.1 Å². The molecule has 3 heteroatoms. The first-order chi connectivity index (χ1) is 14.2. The SMILES string of the molecule is C=CC1C[N@+]2(Cc3ccccc3)CCC1CC2C(O)c1ccnc2ccccc12. The van der Waals surface area contributed by atoms with Crippen molar-refractivity contribution in [3.05, 3.63) is 90.6 Å². The van der Waals surface area contributed by atoms with Gasteiger partial charge in [0.05, 0.1) is 18.6 Å². The maximum atomic E-state index is 11.7. The van der Waals surface area contributed by atoms with Crippen LogP contribution in [0, 0.1) is 11.8 Å². The van der Waals surface area contributed by atoms with E-state index in [0.717, 1.165) is 47.0 Å². The molecule has 3 fully saturated rings. The number of rotatable bonds is 5. The Morgan fingerprint density at radius 2 is 1.90 bits per heavy atom. The molecule has 29 heavy (non-hydrogen) atoms. The fourth-order valence-electron chi connectivity index (χ4n) is 5.91. The highest BCUT2D eigenvalue weighted by atomic mass is 16.3. The third-order valence-corrected chi connectivity index (χ3v) is 7.38. The highest BCUT2D eigenvalue weighted by Crippen LogP contribution is 2.47. The molecule has 6 rings (SSSR count). The van der Waals surface area contributed by atoms with Crippen LogP contribution in [-0.4, -0.2) is 33.7 Å². The highest BCUT2D eigenvalue weighted by molar-refractivity contribution is 5.82. The molecule has 3 aromatic rings. The van der Waals surface area contributed by atoms with E-state index in [9.17, 15) is 5.11 Å². The largest absolute Gasteiger partial charge is 0.382 e. The Kier molecular flexibility index (Phi) is 4.73. The summed E-state index contributed by atoms with van der Waals surface area (Å²) in [7, 11) is 0. The second-order valence-electron chi connectivity index (χ2n) is 8.88. The van der Waals surface area contributed by atoms with Crippen LogP contribution in [0.15, 0.2) is 79.5 Å². The molecular weight excluding hydrogens is 356 g/mol. The molecule has 0 amide bonds. The zero-order valence-corrected chi connectivity index (χ0v) is 16.8. The van der Waals surface area contributed by atoms with Crippen LogP contribution >= 0.6 is 0 Å². The Balaban J connectivity index is 1.56. The van der Waals surface area contributed by atoms with E-state index in [0.29, 0.717) is 11.8 Å². The van der Waals surface area contributed by atoms with Gasteiger partial charge in [0.1, 0.15) is 18.7 Å². The van der Waals surface area contributed by atoms with Crippen LogP contribution in [0.3, 0.4) is 0 Å². The predicted octanol–water partition coefficient (Wildman–Crippen LogP) is 4.88. The Labute approximate surface area is 172 Å². The van der Waals surface area contributed by atoms with Gasteiger partial charge in [0.2, 0.25) is 0 Å². The molecule has 3 aliphatic heterocycles. The van der Waals surface area contributed by atoms with Crippen molar-refractivity contribution in [1.29, 1.82) is 0 Å². The number of nitrogens with zero attached hydrogens (tertiary/aromatic N) is 2. The van der Waals surface area contributed by atoms with Gasteiger partial charge < -0.3 is 9.59 Å². The minimum atomic E-state index is -0.486. The quantitative estimate of drug-likeness (QED) is 0.502. The van der Waals surface area contributed by atoms with Crippen molar-refractivity contribution in [3.8, 4) is 0 Å². The molecule has 0 aliphatic carbocycles. The second kappa shape index (κ2) is 7.40. The second-order valence-corrected chi connectivity index (χ2v) is 8.88. The Bertz CT molecular complexity index is 1010. The summed E-state index contributed by atoms with van der Waals surface area (Å²) in [5, 5.41) is 12.8. The minimum absolute atomic E-state index is 0.205. The number of hydrogen-bond donors (Lipinski definition) is 1. The van der Waals surface area contributed by atoms with Gasteiger partial charge in [-0.2, -0.15) is 0 Å². The van der Waals surface area contributed by atoms with Crippen molar-refractivity contribution in [2.45, 2.75) is 31.5 Å². The number of aromatic nitrogens is 1. The lowest BCUT2D eigenvalue weighted by Gasteiger charge is -2.58. The number of para-hydroxylation sites is 1. The zero-order chi connectivity index (χ0) is 19.8. The van der Waals surface area contributed by atoms with Crippen LogP contribution in [0.1, 0.15) is 30.1 Å². The van der Waals surface area contributed by atoms with Crippen molar-refractivity contribution >= 4 is 10.9 Å². The normalized spacial score (nSPS) is 29.6. The van der Waals surface area contributed by atoms with Crippen LogP contribution in [0.2, 0.25) is 0 Å². The zero-order valence-electron chi connectivity index (χ0n) is 16.8. The molecule has 5 atom stereocenters. The van der Waals surface area contributed by atoms with Gasteiger partial charge in [-0.1, -0.05) is 54.6 Å². The van der Waals surface area contributed by atoms with Crippen LogP contribution in [-0.2, 0) is 6.54 Å². The van der Waals surface area contributed by atoms with Crippen molar-refractivity contribution in [2.24, 2.45) is 11.8 Å². The molecule has 3 saturated heterocycles. The Hall–Kier alpha value is -2.49. The molecule has 3 nitrogen and oxygen atoms in total. The third kappa shape index (κ3) is 3.19. The first-order valence-corrected chi connectivity index (χ1v) is 10.7. The standard InChI is InChI=1S/C26H29N2O/c1-2-20-18-28(17-19-8-4-3-5-9-19)15-13-21(20)16-25(28)26(29)23-12-14-27-24-11-7-6-10-22(23)24/h2-12,14,20-21,25-26,29H,1,13,15-18H2/q+1/t20?,21?,25?,26?,28-/m1/s1. The maximum Gasteiger partial charge on any atom is 0.131 e. The van der Waals surface area contributed by atoms with E-state index in [1.807, 2.05) is 30.5 Å². The molecule has 1 aromatic heterocycles. The molecular formula is C26H29N2O+. The molecule has 148 valence electrons. The van der Waals surface area contributed by atoms with Crippen LogP contribution in [0.4, 0.5) is 0 Å². The average Bonchev–Trinajstić information content (AvgIpc) is 2.78. The summed E-state index contributed by atoms with van der Waals surface area (Å²) >= 11 is 0. The molecule has 2 aromatic carbocycles. The molecule has 1 N–H and O–H groups in total. The van der Waals surface area contributed by atoms with Crippen LogP contribution in [0.5, 0.6) is 0 Å². The molecule has 4 unspecified atom stereocenters. The van der Waals surface area contributed by atoms with Gasteiger partial charge in [0.15, 0.2) is 0 Å². The van der Waals surface area contributed by atoms with Gasteiger partial charge in [0, 0.05) is 35.9 Å². The first kappa shape index (κ1) is 18.5. The van der Waals surface area contributed by atoms with Gasteiger partial charge >= 0.3 is 0 Å². The molecule has 2 bridgehead atoms. The summed E-state index contributed by atoms with van der Waals surface area (Å²) < 4.78 is 0.953. The van der Waals surface area contributed by atoms with E-state index in [2.05, 4.69) is 54.0 Å². The van der Waals surface area contributed by atoms with E-state index in [4.69, 9.17) is 0 Å². The Morgan fingerprint density at radius 1 is 1.10 bits per heavy atom. The number of piperidine rings is 3. The van der Waals surface area contributed by atoms with E-state index in [1.54, 1.807) is 0 Å². The number of quaternary nitrogens is 1. The van der Waals surface area contributed by atoms with Crippen LogP contribution < -0.4 is 0 Å². The lowest BCUT2D eigenvalue weighted by atomic mass is 9.71. The van der Waals surface area contributed by atoms with Gasteiger partial charge in [-0.3, -0.25) is 4.98 Å². The van der Waals surface area contributed by atoms with E-state index < -0.39 is 6.10 Å². The average molecular weight is 386 g/mol. The number of pyridine rings is 1. The summed E-state index contributed by atoms with van der Waals surface area (Å²) in [6.07, 6.45) is 5.79. The van der Waals surface area contributed by atoms with E-state index >= 15 is 0 Å². The number of aliphatic hydroxyl groups excluding tert-OH is 1. The lowest BCUT2D eigenvalue weighted by Crippen LogP contribution is -2.67. The monoisotopic (exact) mass is 385 g/mol. The maximum absolute atomic E-state index is 11.7. The highest BCUT2D eigenvalue weighted by Gasteiger charge is 2.53. The van der Waals surface area contributed by atoms with E-state index in [-0.39, 0.29) is 6.04 Å². The number of hydrogen-bond acceptors (Lipinski definition) is 2. The van der Waals surface area contributed by atoms with Crippen molar-refractivity contribution in [3.63, 3.8) is 0 Å².